The van der Waals surface area contributed by atoms with Crippen LogP contribution >= 0.6 is 11.6 Å². The zero-order chi connectivity index (χ0) is 36.4. The third-order valence-electron chi connectivity index (χ3n) is 8.12. The Morgan fingerprint density at radius 2 is 1.63 bits per heavy atom. The van der Waals surface area contributed by atoms with Gasteiger partial charge < -0.3 is 15.2 Å². The SMILES string of the molecule is COc1ccc(CN(c2nn(C)c3c(-n4c([C@@H](N)Cc5cc(F)cc(F)c5)nc(OCc5ccccc5)cc4=O)ccc(Cl)c23)S(C)(=O)=O)cc1. The van der Waals surface area contributed by atoms with Gasteiger partial charge in [-0.3, -0.25) is 14.0 Å². The molecule has 264 valence electrons. The van der Waals surface area contributed by atoms with E-state index in [9.17, 15) is 22.0 Å². The Morgan fingerprint density at radius 3 is 2.27 bits per heavy atom. The minimum Gasteiger partial charge on any atom is -0.497 e. The normalized spacial score (nSPS) is 12.2. The molecule has 2 N–H and O–H groups in total. The number of aryl methyl sites for hydroxylation is 1. The van der Waals surface area contributed by atoms with Gasteiger partial charge in [0.25, 0.3) is 5.56 Å². The zero-order valence-corrected chi connectivity index (χ0v) is 29.3. The molecule has 11 nitrogen and oxygen atoms in total. The molecular weight excluding hydrogens is 702 g/mol. The van der Waals surface area contributed by atoms with Crippen LogP contribution < -0.4 is 25.1 Å². The van der Waals surface area contributed by atoms with Crippen LogP contribution in [0.15, 0.2) is 95.8 Å². The van der Waals surface area contributed by atoms with Crippen molar-refractivity contribution < 1.29 is 26.7 Å². The molecule has 0 saturated carbocycles. The Morgan fingerprint density at radius 1 is 0.941 bits per heavy atom. The van der Waals surface area contributed by atoms with Crippen molar-refractivity contribution in [1.82, 2.24) is 19.3 Å². The number of hydrogen-bond acceptors (Lipinski definition) is 8. The van der Waals surface area contributed by atoms with Gasteiger partial charge in [0.1, 0.15) is 29.8 Å². The summed E-state index contributed by atoms with van der Waals surface area (Å²) in [4.78, 5) is 18.7. The largest absolute Gasteiger partial charge is 0.497 e. The number of aromatic nitrogens is 4. The van der Waals surface area contributed by atoms with Crippen LogP contribution in [0.2, 0.25) is 5.02 Å². The average Bonchev–Trinajstić information content (AvgIpc) is 3.43. The van der Waals surface area contributed by atoms with Gasteiger partial charge in [0, 0.05) is 13.1 Å². The summed E-state index contributed by atoms with van der Waals surface area (Å²) in [7, 11) is -0.803. The number of anilines is 1. The van der Waals surface area contributed by atoms with Crippen molar-refractivity contribution in [3.8, 4) is 17.3 Å². The van der Waals surface area contributed by atoms with Crippen LogP contribution in [0.1, 0.15) is 28.6 Å². The Labute approximate surface area is 297 Å². The highest BCUT2D eigenvalue weighted by Gasteiger charge is 2.29. The number of fused-ring (bicyclic) bond motifs is 1. The first-order valence-electron chi connectivity index (χ1n) is 15.6. The Balaban J connectivity index is 1.50. The highest BCUT2D eigenvalue weighted by Crippen LogP contribution is 2.38. The predicted molar refractivity (Wildman–Crippen MR) is 191 cm³/mol. The van der Waals surface area contributed by atoms with Gasteiger partial charge in [-0.25, -0.2) is 21.5 Å². The first-order chi connectivity index (χ1) is 24.3. The van der Waals surface area contributed by atoms with E-state index in [4.69, 9.17) is 26.8 Å². The third kappa shape index (κ3) is 7.72. The maximum absolute atomic E-state index is 14.1. The maximum Gasteiger partial charge on any atom is 0.262 e. The lowest BCUT2D eigenvalue weighted by atomic mass is 10.0. The molecule has 0 aliphatic heterocycles. The molecule has 15 heteroatoms. The fourth-order valence-electron chi connectivity index (χ4n) is 5.79. The monoisotopic (exact) mass is 734 g/mol. The van der Waals surface area contributed by atoms with Gasteiger partial charge in [-0.05, 0) is 59.5 Å². The van der Waals surface area contributed by atoms with Crippen LogP contribution in [0, 0.1) is 11.6 Å². The van der Waals surface area contributed by atoms with Gasteiger partial charge >= 0.3 is 0 Å². The minimum absolute atomic E-state index is 0.0137. The predicted octanol–water partition coefficient (Wildman–Crippen LogP) is 5.85. The summed E-state index contributed by atoms with van der Waals surface area (Å²) in [5.74, 6) is -0.937. The van der Waals surface area contributed by atoms with E-state index in [1.807, 2.05) is 30.3 Å². The molecule has 0 bridgehead atoms. The van der Waals surface area contributed by atoms with E-state index >= 15 is 0 Å². The van der Waals surface area contributed by atoms with E-state index < -0.39 is 33.3 Å². The van der Waals surface area contributed by atoms with E-state index in [1.165, 1.54) is 28.5 Å². The molecule has 0 aliphatic rings. The number of nitrogens with two attached hydrogens (primary N) is 1. The molecule has 0 amide bonds. The lowest BCUT2D eigenvalue weighted by molar-refractivity contribution is 0.290. The van der Waals surface area contributed by atoms with Crippen molar-refractivity contribution >= 4 is 38.3 Å². The van der Waals surface area contributed by atoms with Gasteiger partial charge in [0.2, 0.25) is 15.9 Å². The summed E-state index contributed by atoms with van der Waals surface area (Å²) in [5, 5.41) is 5.00. The van der Waals surface area contributed by atoms with E-state index in [0.717, 1.165) is 34.3 Å². The fourth-order valence-corrected chi connectivity index (χ4v) is 6.85. The number of hydrogen-bond donors (Lipinski definition) is 1. The summed E-state index contributed by atoms with van der Waals surface area (Å²) >= 11 is 6.77. The number of nitrogens with zero attached hydrogens (tertiary/aromatic N) is 5. The van der Waals surface area contributed by atoms with Crippen LogP contribution in [0.3, 0.4) is 0 Å². The molecule has 0 fully saturated rings. The molecule has 0 spiro atoms. The van der Waals surface area contributed by atoms with E-state index in [-0.39, 0.29) is 58.8 Å². The molecule has 2 heterocycles. The highest BCUT2D eigenvalue weighted by atomic mass is 35.5. The van der Waals surface area contributed by atoms with Gasteiger partial charge in [-0.2, -0.15) is 10.1 Å². The lowest BCUT2D eigenvalue weighted by Crippen LogP contribution is -2.30. The second-order valence-corrected chi connectivity index (χ2v) is 14.2. The number of halogens is 3. The standard InChI is InChI=1S/C36H33ClF2N6O5S/c1-43-34-30(14-13-28(37)33(34)36(42-43)44(51(3,47)48)20-22-9-11-27(49-2)12-10-22)45-32(46)19-31(50-21-23-7-5-4-6-8-23)41-35(45)29(40)17-24-15-25(38)18-26(39)16-24/h4-16,18-19,29H,17,20-21,40H2,1-3H3/t29-/m0/s1. The van der Waals surface area contributed by atoms with Crippen molar-refractivity contribution in [1.29, 1.82) is 0 Å². The van der Waals surface area contributed by atoms with Crippen molar-refractivity contribution in [2.75, 3.05) is 17.7 Å². The molecule has 0 saturated heterocycles. The average molecular weight is 735 g/mol. The number of benzene rings is 4. The van der Waals surface area contributed by atoms with E-state index in [1.54, 1.807) is 37.4 Å². The molecule has 0 radical (unpaired) electrons. The summed E-state index contributed by atoms with van der Waals surface area (Å²) in [6.45, 7) is 0.0254. The fraction of sp³-hybridized carbons (Fsp3) is 0.194. The number of ether oxygens (including phenoxy) is 2. The molecule has 0 unspecified atom stereocenters. The first kappa shape index (κ1) is 35.5. The summed E-state index contributed by atoms with van der Waals surface area (Å²) < 4.78 is 69.7. The topological polar surface area (TPSA) is 135 Å². The minimum atomic E-state index is -3.92. The van der Waals surface area contributed by atoms with Crippen molar-refractivity contribution in [3.05, 3.63) is 141 Å². The van der Waals surface area contributed by atoms with Gasteiger partial charge in [-0.15, -0.1) is 0 Å². The summed E-state index contributed by atoms with van der Waals surface area (Å²) in [6.07, 6.45) is 0.962. The van der Waals surface area contributed by atoms with Gasteiger partial charge in [0.15, 0.2) is 5.82 Å². The van der Waals surface area contributed by atoms with Crippen LogP contribution in [0.4, 0.5) is 14.6 Å². The van der Waals surface area contributed by atoms with Crippen molar-refractivity contribution in [2.45, 2.75) is 25.6 Å². The van der Waals surface area contributed by atoms with Crippen LogP contribution in [-0.4, -0.2) is 41.1 Å². The second-order valence-electron chi connectivity index (χ2n) is 11.8. The molecule has 51 heavy (non-hydrogen) atoms. The molecule has 0 aliphatic carbocycles. The van der Waals surface area contributed by atoms with Gasteiger partial charge in [-0.1, -0.05) is 54.1 Å². The van der Waals surface area contributed by atoms with Gasteiger partial charge in [0.05, 0.1) is 53.6 Å². The first-order valence-corrected chi connectivity index (χ1v) is 17.8. The summed E-state index contributed by atoms with van der Waals surface area (Å²) in [6, 6.07) is 22.4. The molecule has 1 atom stereocenters. The number of sulfonamides is 1. The van der Waals surface area contributed by atoms with Crippen LogP contribution in [0.25, 0.3) is 16.6 Å². The Hall–Kier alpha value is -5.31. The summed E-state index contributed by atoms with van der Waals surface area (Å²) in [5.41, 5.74) is 8.34. The number of methoxy groups -OCH3 is 1. The maximum atomic E-state index is 14.1. The Bertz CT molecular complexity index is 2370. The van der Waals surface area contributed by atoms with E-state index in [0.29, 0.717) is 16.8 Å². The van der Waals surface area contributed by atoms with E-state index in [2.05, 4.69) is 10.1 Å². The lowest BCUT2D eigenvalue weighted by Gasteiger charge is -2.21. The van der Waals surface area contributed by atoms with Crippen LogP contribution in [-0.2, 0) is 36.6 Å². The molecule has 6 aromatic rings. The zero-order valence-electron chi connectivity index (χ0n) is 27.8. The second kappa shape index (κ2) is 14.5. The smallest absolute Gasteiger partial charge is 0.262 e. The molecule has 6 rings (SSSR count). The van der Waals surface area contributed by atoms with Crippen molar-refractivity contribution in [2.24, 2.45) is 12.8 Å². The molecule has 2 aromatic heterocycles. The highest BCUT2D eigenvalue weighted by molar-refractivity contribution is 7.92. The van der Waals surface area contributed by atoms with Crippen LogP contribution in [0.5, 0.6) is 11.6 Å². The molecular formula is C36H33ClF2N6O5S. The quantitative estimate of drug-likeness (QED) is 0.166. The Kier molecular flexibility index (Phi) is 10.1. The number of rotatable bonds is 12. The molecule has 4 aromatic carbocycles. The van der Waals surface area contributed by atoms with Crippen molar-refractivity contribution in [3.63, 3.8) is 0 Å². The third-order valence-corrected chi connectivity index (χ3v) is 9.54.